The summed E-state index contributed by atoms with van der Waals surface area (Å²) in [5, 5.41) is 11.2. The number of likely N-dealkylation sites (N-methyl/N-ethyl adjacent to an activating group) is 1. The Hall–Kier alpha value is -3.65. The Morgan fingerprint density at radius 3 is 2.46 bits per heavy atom. The van der Waals surface area contributed by atoms with Crippen molar-refractivity contribution in [3.8, 4) is 22.3 Å². The molecule has 28 heavy (non-hydrogen) atoms. The molecule has 0 spiro atoms. The molecule has 0 radical (unpaired) electrons. The minimum atomic E-state index is -1.26. The lowest BCUT2D eigenvalue weighted by Crippen LogP contribution is -2.28. The maximum absolute atomic E-state index is 12.1. The Morgan fingerprint density at radius 2 is 1.71 bits per heavy atom. The Morgan fingerprint density at radius 1 is 1.00 bits per heavy atom. The smallest absolute Gasteiger partial charge is 0.255 e. The van der Waals surface area contributed by atoms with Gasteiger partial charge in [-0.1, -0.05) is 0 Å². The summed E-state index contributed by atoms with van der Waals surface area (Å²) in [6.45, 7) is 0. The predicted octanol–water partition coefficient (Wildman–Crippen LogP) is 2.20. The lowest BCUT2D eigenvalue weighted by Gasteiger charge is -2.16. The van der Waals surface area contributed by atoms with Crippen molar-refractivity contribution >= 4 is 16.9 Å². The van der Waals surface area contributed by atoms with Crippen LogP contribution < -0.4 is 0 Å². The summed E-state index contributed by atoms with van der Waals surface area (Å²) in [7, 11) is 3.20. The van der Waals surface area contributed by atoms with Crippen LogP contribution in [0.1, 0.15) is 11.7 Å². The molecule has 1 atom stereocenters. The van der Waals surface area contributed by atoms with Crippen molar-refractivity contribution in [2.75, 3.05) is 14.1 Å². The van der Waals surface area contributed by atoms with E-state index < -0.39 is 12.0 Å². The number of aliphatic hydroxyl groups is 1. The first-order valence-corrected chi connectivity index (χ1v) is 8.61. The van der Waals surface area contributed by atoms with Crippen LogP contribution in [-0.4, -0.2) is 54.9 Å². The third-order valence-corrected chi connectivity index (χ3v) is 4.49. The lowest BCUT2D eigenvalue weighted by atomic mass is 10.0. The van der Waals surface area contributed by atoms with Crippen LogP contribution in [0.25, 0.3) is 33.3 Å². The van der Waals surface area contributed by atoms with Crippen molar-refractivity contribution in [2.24, 2.45) is 0 Å². The molecule has 2 N–H and O–H groups in total. The molecule has 0 saturated carbocycles. The Kier molecular flexibility index (Phi) is 4.54. The number of fused-ring (bicyclic) bond motifs is 1. The summed E-state index contributed by atoms with van der Waals surface area (Å²) in [5.41, 5.74) is 4.58. The van der Waals surface area contributed by atoms with Gasteiger partial charge in [0.2, 0.25) is 0 Å². The lowest BCUT2D eigenvalue weighted by molar-refractivity contribution is -0.137. The number of nitrogens with zero attached hydrogens (tertiary/aromatic N) is 5. The van der Waals surface area contributed by atoms with E-state index in [4.69, 9.17) is 0 Å². The number of aromatic amines is 1. The van der Waals surface area contributed by atoms with Gasteiger partial charge in [0.15, 0.2) is 6.10 Å². The molecule has 4 aromatic rings. The number of aromatic nitrogens is 5. The molecule has 8 heteroatoms. The minimum Gasteiger partial charge on any atom is -0.378 e. The number of hydrogen-bond donors (Lipinski definition) is 2. The Labute approximate surface area is 160 Å². The fraction of sp³-hybridized carbons (Fsp3) is 0.150. The largest absolute Gasteiger partial charge is 0.378 e. The van der Waals surface area contributed by atoms with Gasteiger partial charge in [0.1, 0.15) is 12.0 Å². The van der Waals surface area contributed by atoms with Gasteiger partial charge in [0, 0.05) is 84.5 Å². The zero-order valence-electron chi connectivity index (χ0n) is 15.4. The average molecular weight is 374 g/mol. The highest BCUT2D eigenvalue weighted by Crippen LogP contribution is 2.30. The molecular weight excluding hydrogens is 356 g/mol. The minimum absolute atomic E-state index is 0.399. The van der Waals surface area contributed by atoms with Gasteiger partial charge < -0.3 is 15.0 Å². The van der Waals surface area contributed by atoms with Crippen LogP contribution in [0, 0.1) is 0 Å². The molecule has 140 valence electrons. The van der Waals surface area contributed by atoms with E-state index in [0.29, 0.717) is 5.56 Å². The van der Waals surface area contributed by atoms with Crippen LogP contribution in [0.3, 0.4) is 0 Å². The van der Waals surface area contributed by atoms with E-state index in [1.807, 2.05) is 12.3 Å². The molecule has 0 fully saturated rings. The molecule has 4 heterocycles. The van der Waals surface area contributed by atoms with E-state index in [9.17, 15) is 9.90 Å². The standard InChI is InChI=1S/C20H18N6O2/c1-26(2)20(28)18(27)14-3-12(5-21-6-14)13-4-16-17(10-25-19(16)24-9-13)15-7-22-11-23-8-15/h3-11,18,27H,1-2H3,(H,24,25). The molecule has 1 unspecified atom stereocenters. The molecule has 0 bridgehead atoms. The van der Waals surface area contributed by atoms with Crippen molar-refractivity contribution < 1.29 is 9.90 Å². The van der Waals surface area contributed by atoms with Crippen molar-refractivity contribution in [1.82, 2.24) is 29.8 Å². The van der Waals surface area contributed by atoms with Crippen LogP contribution in [0.5, 0.6) is 0 Å². The second kappa shape index (κ2) is 7.16. The molecule has 0 saturated heterocycles. The number of nitrogens with one attached hydrogen (secondary N) is 1. The summed E-state index contributed by atoms with van der Waals surface area (Å²) in [6, 6.07) is 3.74. The third kappa shape index (κ3) is 3.21. The summed E-state index contributed by atoms with van der Waals surface area (Å²) >= 11 is 0. The molecule has 8 nitrogen and oxygen atoms in total. The van der Waals surface area contributed by atoms with E-state index in [1.54, 1.807) is 44.9 Å². The van der Waals surface area contributed by atoms with Crippen LogP contribution in [0.15, 0.2) is 55.6 Å². The molecule has 1 amide bonds. The number of carbonyl (C=O) groups excluding carboxylic acids is 1. The summed E-state index contributed by atoms with van der Waals surface area (Å²) in [4.78, 5) is 33.4. The van der Waals surface area contributed by atoms with Crippen molar-refractivity contribution in [2.45, 2.75) is 6.10 Å². The van der Waals surface area contributed by atoms with Crippen LogP contribution >= 0.6 is 0 Å². The molecule has 4 rings (SSSR count). The number of amides is 1. The second-order valence-electron chi connectivity index (χ2n) is 6.59. The molecule has 0 aliphatic heterocycles. The average Bonchev–Trinajstić information content (AvgIpc) is 3.16. The van der Waals surface area contributed by atoms with Gasteiger partial charge >= 0.3 is 0 Å². The number of hydrogen-bond acceptors (Lipinski definition) is 6. The SMILES string of the molecule is CN(C)C(=O)C(O)c1cncc(-c2cnc3[nH]cc(-c4cncnc4)c3c2)c1. The first-order chi connectivity index (χ1) is 13.5. The maximum Gasteiger partial charge on any atom is 0.255 e. The zero-order valence-corrected chi connectivity index (χ0v) is 15.4. The molecule has 0 aliphatic carbocycles. The van der Waals surface area contributed by atoms with Gasteiger partial charge in [-0.15, -0.1) is 0 Å². The van der Waals surface area contributed by atoms with Crippen LogP contribution in [-0.2, 0) is 4.79 Å². The van der Waals surface area contributed by atoms with Gasteiger partial charge in [0.05, 0.1) is 0 Å². The molecule has 0 aromatic carbocycles. The zero-order chi connectivity index (χ0) is 19.7. The van der Waals surface area contributed by atoms with E-state index in [0.717, 1.165) is 33.3 Å². The first kappa shape index (κ1) is 17.7. The van der Waals surface area contributed by atoms with Crippen LogP contribution in [0.2, 0.25) is 0 Å². The van der Waals surface area contributed by atoms with Crippen LogP contribution in [0.4, 0.5) is 0 Å². The number of pyridine rings is 2. The first-order valence-electron chi connectivity index (χ1n) is 8.61. The Balaban J connectivity index is 1.76. The molecular formula is C20H18N6O2. The predicted molar refractivity (Wildman–Crippen MR) is 104 cm³/mol. The summed E-state index contributed by atoms with van der Waals surface area (Å²) < 4.78 is 0. The van der Waals surface area contributed by atoms with Gasteiger partial charge in [-0.3, -0.25) is 9.78 Å². The van der Waals surface area contributed by atoms with Crippen molar-refractivity contribution in [3.05, 3.63) is 61.2 Å². The summed E-state index contributed by atoms with van der Waals surface area (Å²) in [6.07, 6.45) is 10.5. The van der Waals surface area contributed by atoms with Gasteiger partial charge in [-0.2, -0.15) is 0 Å². The van der Waals surface area contributed by atoms with Crippen molar-refractivity contribution in [1.29, 1.82) is 0 Å². The quantitative estimate of drug-likeness (QED) is 0.567. The second-order valence-corrected chi connectivity index (χ2v) is 6.59. The third-order valence-electron chi connectivity index (χ3n) is 4.49. The van der Waals surface area contributed by atoms with E-state index in [2.05, 4.69) is 24.9 Å². The number of rotatable bonds is 4. The van der Waals surface area contributed by atoms with Gasteiger partial charge in [-0.25, -0.2) is 15.0 Å². The topological polar surface area (TPSA) is 108 Å². The van der Waals surface area contributed by atoms with Gasteiger partial charge in [-0.05, 0) is 12.1 Å². The maximum atomic E-state index is 12.1. The highest BCUT2D eigenvalue weighted by atomic mass is 16.3. The highest BCUT2D eigenvalue weighted by molar-refractivity contribution is 5.95. The van der Waals surface area contributed by atoms with E-state index >= 15 is 0 Å². The van der Waals surface area contributed by atoms with E-state index in [-0.39, 0.29) is 0 Å². The fourth-order valence-electron chi connectivity index (χ4n) is 2.99. The van der Waals surface area contributed by atoms with E-state index in [1.165, 1.54) is 17.4 Å². The molecule has 0 aliphatic rings. The number of H-pyrrole nitrogens is 1. The number of carbonyl (C=O) groups is 1. The molecule has 4 aromatic heterocycles. The van der Waals surface area contributed by atoms with Crippen molar-refractivity contribution in [3.63, 3.8) is 0 Å². The fourth-order valence-corrected chi connectivity index (χ4v) is 2.99. The monoisotopic (exact) mass is 374 g/mol. The Bertz CT molecular complexity index is 1140. The van der Waals surface area contributed by atoms with Gasteiger partial charge in [0.25, 0.3) is 5.91 Å². The number of aliphatic hydroxyl groups excluding tert-OH is 1. The highest BCUT2D eigenvalue weighted by Gasteiger charge is 2.20. The summed E-state index contributed by atoms with van der Waals surface area (Å²) in [5.74, 6) is -0.399. The normalized spacial score (nSPS) is 12.1.